The van der Waals surface area contributed by atoms with Crippen LogP contribution in [0.25, 0.3) is 0 Å². The number of hydrogen-bond acceptors (Lipinski definition) is 3. The van der Waals surface area contributed by atoms with Gasteiger partial charge in [0.25, 0.3) is 0 Å². The van der Waals surface area contributed by atoms with Crippen molar-refractivity contribution in [3.05, 3.63) is 57.7 Å². The molecule has 1 atom stereocenters. The Balaban J connectivity index is 1.61. The number of aromatic nitrogens is 1. The van der Waals surface area contributed by atoms with Gasteiger partial charge >= 0.3 is 0 Å². The van der Waals surface area contributed by atoms with Gasteiger partial charge in [-0.1, -0.05) is 41.9 Å². The van der Waals surface area contributed by atoms with Crippen LogP contribution in [0.1, 0.15) is 18.4 Å². The summed E-state index contributed by atoms with van der Waals surface area (Å²) >= 11 is 9.46. The fourth-order valence-electron chi connectivity index (χ4n) is 2.87. The number of nitrogens with zero attached hydrogens (tertiary/aromatic N) is 2. The lowest BCUT2D eigenvalue weighted by Gasteiger charge is -2.33. The van der Waals surface area contributed by atoms with Crippen molar-refractivity contribution in [3.8, 4) is 0 Å². The summed E-state index contributed by atoms with van der Waals surface area (Å²) in [5.41, 5.74) is 1.37. The molecule has 0 spiro atoms. The van der Waals surface area contributed by atoms with Crippen molar-refractivity contribution in [2.45, 2.75) is 25.4 Å². The van der Waals surface area contributed by atoms with Crippen LogP contribution in [0.15, 0.2) is 47.1 Å². The summed E-state index contributed by atoms with van der Waals surface area (Å²) in [7, 11) is 0. The van der Waals surface area contributed by atoms with Gasteiger partial charge in [0, 0.05) is 25.3 Å². The Morgan fingerprint density at radius 3 is 2.91 bits per heavy atom. The molecule has 1 aliphatic heterocycles. The maximum absolute atomic E-state index is 5.94. The van der Waals surface area contributed by atoms with E-state index in [1.807, 2.05) is 6.07 Å². The van der Waals surface area contributed by atoms with Gasteiger partial charge in [0.05, 0.1) is 9.50 Å². The first-order chi connectivity index (χ1) is 10.7. The molecule has 0 bridgehead atoms. The van der Waals surface area contributed by atoms with Crippen LogP contribution in [0.4, 0.5) is 5.82 Å². The first kappa shape index (κ1) is 15.8. The Labute approximate surface area is 144 Å². The Morgan fingerprint density at radius 1 is 1.32 bits per heavy atom. The molecule has 0 radical (unpaired) electrons. The van der Waals surface area contributed by atoms with E-state index in [1.54, 1.807) is 6.20 Å². The van der Waals surface area contributed by atoms with E-state index in [1.165, 1.54) is 18.4 Å². The van der Waals surface area contributed by atoms with Crippen molar-refractivity contribution in [1.82, 2.24) is 9.88 Å². The van der Waals surface area contributed by atoms with Crippen molar-refractivity contribution in [2.75, 3.05) is 18.4 Å². The highest BCUT2D eigenvalue weighted by molar-refractivity contribution is 9.10. The Kier molecular flexibility index (Phi) is 5.34. The average Bonchev–Trinajstić information content (AvgIpc) is 2.52. The molecular weight excluding hydrogens is 362 g/mol. The molecule has 1 aliphatic rings. The molecule has 0 aliphatic carbocycles. The summed E-state index contributed by atoms with van der Waals surface area (Å²) < 4.78 is 0.917. The number of nitrogens with one attached hydrogen (secondary N) is 1. The number of rotatable bonds is 4. The molecule has 1 aromatic heterocycles. The van der Waals surface area contributed by atoms with Crippen LogP contribution in [-0.4, -0.2) is 29.0 Å². The molecule has 0 amide bonds. The van der Waals surface area contributed by atoms with Crippen LogP contribution >= 0.6 is 27.5 Å². The van der Waals surface area contributed by atoms with E-state index in [4.69, 9.17) is 11.6 Å². The molecule has 3 rings (SSSR count). The zero-order valence-corrected chi connectivity index (χ0v) is 14.6. The summed E-state index contributed by atoms with van der Waals surface area (Å²) in [5.74, 6) is 0.871. The molecular formula is C17H19BrClN3. The largest absolute Gasteiger partial charge is 0.365 e. The molecule has 1 N–H and O–H groups in total. The molecule has 2 aromatic rings. The Morgan fingerprint density at radius 2 is 2.14 bits per heavy atom. The lowest BCUT2D eigenvalue weighted by atomic mass is 10.0. The maximum atomic E-state index is 5.94. The van der Waals surface area contributed by atoms with Gasteiger partial charge in [0.15, 0.2) is 0 Å². The molecule has 2 heterocycles. The Hall–Kier alpha value is -1.10. The van der Waals surface area contributed by atoms with E-state index >= 15 is 0 Å². The molecule has 5 heteroatoms. The number of likely N-dealkylation sites (tertiary alicyclic amines) is 1. The van der Waals surface area contributed by atoms with Gasteiger partial charge in [0.1, 0.15) is 5.82 Å². The van der Waals surface area contributed by atoms with Crippen molar-refractivity contribution in [1.29, 1.82) is 0 Å². The number of benzene rings is 1. The van der Waals surface area contributed by atoms with Gasteiger partial charge in [-0.2, -0.15) is 0 Å². The number of pyridine rings is 1. The highest BCUT2D eigenvalue weighted by Gasteiger charge is 2.20. The molecule has 0 saturated carbocycles. The van der Waals surface area contributed by atoms with E-state index in [2.05, 4.69) is 61.5 Å². The van der Waals surface area contributed by atoms with Gasteiger partial charge in [-0.25, -0.2) is 4.98 Å². The molecule has 1 aromatic carbocycles. The average molecular weight is 381 g/mol. The summed E-state index contributed by atoms with van der Waals surface area (Å²) in [5, 5.41) is 4.18. The second kappa shape index (κ2) is 7.44. The third-order valence-electron chi connectivity index (χ3n) is 3.90. The van der Waals surface area contributed by atoms with Crippen LogP contribution in [0.5, 0.6) is 0 Å². The minimum atomic E-state index is 0.419. The molecule has 22 heavy (non-hydrogen) atoms. The summed E-state index contributed by atoms with van der Waals surface area (Å²) in [6.07, 6.45) is 4.05. The fraction of sp³-hybridized carbons (Fsp3) is 0.353. The van der Waals surface area contributed by atoms with Crippen LogP contribution in [0.3, 0.4) is 0 Å². The van der Waals surface area contributed by atoms with Crippen molar-refractivity contribution in [2.24, 2.45) is 0 Å². The van der Waals surface area contributed by atoms with Crippen LogP contribution in [0.2, 0.25) is 5.02 Å². The number of piperidine rings is 1. The van der Waals surface area contributed by atoms with E-state index in [-0.39, 0.29) is 0 Å². The van der Waals surface area contributed by atoms with Gasteiger partial charge in [-0.05, 0) is 46.9 Å². The third kappa shape index (κ3) is 4.22. The van der Waals surface area contributed by atoms with E-state index < -0.39 is 0 Å². The van der Waals surface area contributed by atoms with E-state index in [0.717, 1.165) is 29.9 Å². The van der Waals surface area contributed by atoms with Gasteiger partial charge in [-0.3, -0.25) is 4.90 Å². The minimum absolute atomic E-state index is 0.419. The van der Waals surface area contributed by atoms with Crippen molar-refractivity contribution < 1.29 is 0 Å². The second-order valence-electron chi connectivity index (χ2n) is 5.69. The molecule has 3 nitrogen and oxygen atoms in total. The third-order valence-corrected chi connectivity index (χ3v) is 4.71. The maximum Gasteiger partial charge on any atom is 0.140 e. The quantitative estimate of drug-likeness (QED) is 0.842. The number of hydrogen-bond donors (Lipinski definition) is 1. The zero-order chi connectivity index (χ0) is 15.4. The molecule has 1 fully saturated rings. The van der Waals surface area contributed by atoms with Crippen LogP contribution < -0.4 is 5.32 Å². The second-order valence-corrected chi connectivity index (χ2v) is 6.98. The lowest BCUT2D eigenvalue weighted by molar-refractivity contribution is 0.208. The summed E-state index contributed by atoms with van der Waals surface area (Å²) in [6, 6.07) is 12.9. The van der Waals surface area contributed by atoms with Gasteiger partial charge in [-0.15, -0.1) is 0 Å². The topological polar surface area (TPSA) is 28.2 Å². The highest BCUT2D eigenvalue weighted by atomic mass is 79.9. The molecule has 1 saturated heterocycles. The van der Waals surface area contributed by atoms with Crippen LogP contribution in [0, 0.1) is 0 Å². The number of halogens is 2. The van der Waals surface area contributed by atoms with Gasteiger partial charge < -0.3 is 5.32 Å². The van der Waals surface area contributed by atoms with E-state index in [9.17, 15) is 0 Å². The monoisotopic (exact) mass is 379 g/mol. The number of anilines is 1. The predicted molar refractivity (Wildman–Crippen MR) is 95.3 cm³/mol. The first-order valence-electron chi connectivity index (χ1n) is 7.54. The normalized spacial score (nSPS) is 19.1. The molecule has 116 valence electrons. The summed E-state index contributed by atoms with van der Waals surface area (Å²) in [6.45, 7) is 3.20. The predicted octanol–water partition coefficient (Wildman–Crippen LogP) is 4.57. The minimum Gasteiger partial charge on any atom is -0.365 e. The van der Waals surface area contributed by atoms with Crippen molar-refractivity contribution >= 4 is 33.3 Å². The van der Waals surface area contributed by atoms with E-state index in [0.29, 0.717) is 11.1 Å². The standard InChI is InChI=1S/C17H19BrClN3/c18-16-9-14(19)10-20-17(16)21-15-7-4-8-22(12-15)11-13-5-2-1-3-6-13/h1-3,5-6,9-10,15H,4,7-8,11-12H2,(H,20,21). The highest BCUT2D eigenvalue weighted by Crippen LogP contribution is 2.25. The SMILES string of the molecule is Clc1cnc(NC2CCCN(Cc3ccccc3)C2)c(Br)c1. The zero-order valence-electron chi connectivity index (χ0n) is 12.3. The lowest BCUT2D eigenvalue weighted by Crippen LogP contribution is -2.41. The smallest absolute Gasteiger partial charge is 0.140 e. The Bertz CT molecular complexity index is 621. The fourth-order valence-corrected chi connectivity index (χ4v) is 3.63. The summed E-state index contributed by atoms with van der Waals surface area (Å²) in [4.78, 5) is 6.87. The van der Waals surface area contributed by atoms with Crippen molar-refractivity contribution in [3.63, 3.8) is 0 Å². The van der Waals surface area contributed by atoms with Gasteiger partial charge in [0.2, 0.25) is 0 Å². The van der Waals surface area contributed by atoms with Crippen LogP contribution in [-0.2, 0) is 6.54 Å². The first-order valence-corrected chi connectivity index (χ1v) is 8.71. The molecule has 1 unspecified atom stereocenters.